The molecule has 1 unspecified atom stereocenters. The topological polar surface area (TPSA) is 59.2 Å². The molecule has 1 atom stereocenters. The van der Waals surface area contributed by atoms with E-state index < -0.39 is 0 Å². The minimum Gasteiger partial charge on any atom is -0.426 e. The summed E-state index contributed by atoms with van der Waals surface area (Å²) < 4.78 is 6.16. The van der Waals surface area contributed by atoms with Crippen molar-refractivity contribution in [1.82, 2.24) is 4.98 Å². The summed E-state index contributed by atoms with van der Waals surface area (Å²) in [5.74, 6) is -0.143. The van der Waals surface area contributed by atoms with Gasteiger partial charge in [0.2, 0.25) is 0 Å². The summed E-state index contributed by atoms with van der Waals surface area (Å²) in [6.45, 7) is 1.76. The zero-order valence-electron chi connectivity index (χ0n) is 10.0. The van der Waals surface area contributed by atoms with Crippen molar-refractivity contribution in [2.24, 2.45) is 0 Å². The van der Waals surface area contributed by atoms with E-state index in [9.17, 15) is 9.59 Å². The van der Waals surface area contributed by atoms with Crippen molar-refractivity contribution in [1.29, 1.82) is 0 Å². The van der Waals surface area contributed by atoms with Gasteiger partial charge in [0, 0.05) is 22.6 Å². The van der Waals surface area contributed by atoms with E-state index in [1.165, 1.54) is 11.3 Å². The normalized spacial score (nSPS) is 18.0. The predicted octanol–water partition coefficient (Wildman–Crippen LogP) is 2.95. The van der Waals surface area contributed by atoms with Crippen molar-refractivity contribution in [3.63, 3.8) is 0 Å². The third kappa shape index (κ3) is 2.26. The van der Waals surface area contributed by atoms with E-state index in [1.54, 1.807) is 13.0 Å². The number of rotatable bonds is 1. The van der Waals surface area contributed by atoms with Crippen LogP contribution in [0.3, 0.4) is 0 Å². The van der Waals surface area contributed by atoms with Crippen LogP contribution in [-0.4, -0.2) is 11.0 Å². The van der Waals surface area contributed by atoms with Gasteiger partial charge in [-0.2, -0.15) is 0 Å². The molecule has 1 aliphatic rings. The SMILES string of the molecule is Cc1cc2c(c(=O)[nH]1)C(c1ccc(Br)s1)CC(=O)O2. The summed E-state index contributed by atoms with van der Waals surface area (Å²) in [5.41, 5.74) is 1.04. The Hall–Kier alpha value is -1.40. The summed E-state index contributed by atoms with van der Waals surface area (Å²) in [6.07, 6.45) is 0.200. The fraction of sp³-hybridized carbons (Fsp3) is 0.231. The van der Waals surface area contributed by atoms with Crippen LogP contribution in [0.2, 0.25) is 0 Å². The summed E-state index contributed by atoms with van der Waals surface area (Å²) >= 11 is 4.93. The maximum absolute atomic E-state index is 12.1. The van der Waals surface area contributed by atoms with Crippen LogP contribution in [0.1, 0.15) is 28.5 Å². The molecule has 0 radical (unpaired) electrons. The van der Waals surface area contributed by atoms with Crippen molar-refractivity contribution < 1.29 is 9.53 Å². The Morgan fingerprint density at radius 3 is 2.89 bits per heavy atom. The first kappa shape index (κ1) is 12.6. The van der Waals surface area contributed by atoms with Gasteiger partial charge in [0.1, 0.15) is 5.75 Å². The van der Waals surface area contributed by atoms with E-state index in [2.05, 4.69) is 20.9 Å². The van der Waals surface area contributed by atoms with Crippen LogP contribution in [0.5, 0.6) is 5.75 Å². The Balaban J connectivity index is 2.19. The lowest BCUT2D eigenvalue weighted by atomic mass is 9.92. The zero-order valence-corrected chi connectivity index (χ0v) is 12.4. The van der Waals surface area contributed by atoms with Crippen molar-refractivity contribution in [2.75, 3.05) is 0 Å². The zero-order chi connectivity index (χ0) is 13.6. The fourth-order valence-corrected chi connectivity index (χ4v) is 3.81. The van der Waals surface area contributed by atoms with Gasteiger partial charge in [0.15, 0.2) is 0 Å². The highest BCUT2D eigenvalue weighted by molar-refractivity contribution is 9.11. The molecule has 1 N–H and O–H groups in total. The fourth-order valence-electron chi connectivity index (χ4n) is 2.27. The molecule has 0 fully saturated rings. The van der Waals surface area contributed by atoms with E-state index >= 15 is 0 Å². The van der Waals surface area contributed by atoms with Gasteiger partial charge in [-0.1, -0.05) is 0 Å². The number of aromatic nitrogens is 1. The summed E-state index contributed by atoms with van der Waals surface area (Å²) in [4.78, 5) is 27.6. The maximum atomic E-state index is 12.1. The van der Waals surface area contributed by atoms with Gasteiger partial charge >= 0.3 is 5.97 Å². The van der Waals surface area contributed by atoms with Crippen LogP contribution in [0.25, 0.3) is 0 Å². The van der Waals surface area contributed by atoms with E-state index in [4.69, 9.17) is 4.74 Å². The molecule has 98 valence electrons. The molecule has 0 aliphatic carbocycles. The maximum Gasteiger partial charge on any atom is 0.312 e. The van der Waals surface area contributed by atoms with E-state index in [0.29, 0.717) is 17.0 Å². The van der Waals surface area contributed by atoms with Gasteiger partial charge in [-0.3, -0.25) is 9.59 Å². The minimum absolute atomic E-state index is 0.183. The second kappa shape index (κ2) is 4.61. The molecule has 2 aromatic rings. The predicted molar refractivity (Wildman–Crippen MR) is 75.9 cm³/mol. The summed E-state index contributed by atoms with van der Waals surface area (Å²) in [5, 5.41) is 0. The van der Waals surface area contributed by atoms with Crippen molar-refractivity contribution in [2.45, 2.75) is 19.3 Å². The highest BCUT2D eigenvalue weighted by Gasteiger charge is 2.32. The van der Waals surface area contributed by atoms with Gasteiger partial charge in [-0.05, 0) is 35.0 Å². The van der Waals surface area contributed by atoms with E-state index in [-0.39, 0.29) is 23.9 Å². The molecule has 19 heavy (non-hydrogen) atoms. The third-order valence-electron chi connectivity index (χ3n) is 3.05. The van der Waals surface area contributed by atoms with E-state index in [1.807, 2.05) is 12.1 Å². The van der Waals surface area contributed by atoms with Crippen molar-refractivity contribution in [3.05, 3.63) is 48.5 Å². The van der Waals surface area contributed by atoms with Crippen LogP contribution >= 0.6 is 27.3 Å². The minimum atomic E-state index is -0.299. The number of ether oxygens (including phenoxy) is 1. The number of nitrogens with one attached hydrogen (secondary N) is 1. The first-order valence-corrected chi connectivity index (χ1v) is 7.35. The van der Waals surface area contributed by atoms with Gasteiger partial charge in [0.25, 0.3) is 5.56 Å². The number of thiophene rings is 1. The molecule has 0 saturated heterocycles. The van der Waals surface area contributed by atoms with Crippen LogP contribution in [0.15, 0.2) is 26.8 Å². The lowest BCUT2D eigenvalue weighted by molar-refractivity contribution is -0.135. The van der Waals surface area contributed by atoms with Crippen molar-refractivity contribution in [3.8, 4) is 5.75 Å². The highest BCUT2D eigenvalue weighted by atomic mass is 79.9. The van der Waals surface area contributed by atoms with Crippen LogP contribution < -0.4 is 10.3 Å². The number of carbonyl (C=O) groups excluding carboxylic acids is 1. The number of carbonyl (C=O) groups is 1. The van der Waals surface area contributed by atoms with Crippen molar-refractivity contribution >= 4 is 33.2 Å². The average molecular weight is 340 g/mol. The number of hydrogen-bond donors (Lipinski definition) is 1. The largest absolute Gasteiger partial charge is 0.426 e. The van der Waals surface area contributed by atoms with E-state index in [0.717, 1.165) is 8.66 Å². The molecule has 4 nitrogen and oxygen atoms in total. The molecule has 0 aromatic carbocycles. The number of aromatic amines is 1. The molecule has 0 bridgehead atoms. The number of esters is 1. The molecule has 2 aromatic heterocycles. The standard InChI is InChI=1S/C13H10BrNO3S/c1-6-4-8-12(13(17)15-6)7(5-11(16)18-8)9-2-3-10(14)19-9/h2-4,7H,5H2,1H3,(H,15,17). The quantitative estimate of drug-likeness (QED) is 0.812. The monoisotopic (exact) mass is 339 g/mol. The molecule has 3 rings (SSSR count). The smallest absolute Gasteiger partial charge is 0.312 e. The third-order valence-corrected chi connectivity index (χ3v) is 4.79. The summed E-state index contributed by atoms with van der Waals surface area (Å²) in [7, 11) is 0. The van der Waals surface area contributed by atoms with Gasteiger partial charge in [-0.15, -0.1) is 11.3 Å². The Morgan fingerprint density at radius 1 is 1.42 bits per heavy atom. The average Bonchev–Trinajstić information content (AvgIpc) is 2.73. The van der Waals surface area contributed by atoms with Gasteiger partial charge < -0.3 is 9.72 Å². The molecule has 6 heteroatoms. The summed E-state index contributed by atoms with van der Waals surface area (Å²) in [6, 6.07) is 5.55. The van der Waals surface area contributed by atoms with Crippen LogP contribution in [0.4, 0.5) is 0 Å². The number of hydrogen-bond acceptors (Lipinski definition) is 4. The molecule has 0 spiro atoms. The Kier molecular flexibility index (Phi) is 3.06. The second-order valence-corrected chi connectivity index (χ2v) is 6.93. The Bertz CT molecular complexity index is 719. The molecule has 0 amide bonds. The van der Waals surface area contributed by atoms with Crippen LogP contribution in [0, 0.1) is 6.92 Å². The molecule has 1 aliphatic heterocycles. The molecule has 0 saturated carbocycles. The van der Waals surface area contributed by atoms with Crippen LogP contribution in [-0.2, 0) is 4.79 Å². The number of aryl methyl sites for hydroxylation is 1. The lowest BCUT2D eigenvalue weighted by Crippen LogP contribution is -2.28. The first-order chi connectivity index (χ1) is 9.04. The Morgan fingerprint density at radius 2 is 2.21 bits per heavy atom. The lowest BCUT2D eigenvalue weighted by Gasteiger charge is -2.22. The number of fused-ring (bicyclic) bond motifs is 1. The van der Waals surface area contributed by atoms with Gasteiger partial charge in [-0.25, -0.2) is 0 Å². The number of H-pyrrole nitrogens is 1. The molecular weight excluding hydrogens is 330 g/mol. The van der Waals surface area contributed by atoms with Gasteiger partial charge in [0.05, 0.1) is 15.8 Å². The molecule has 3 heterocycles. The highest BCUT2D eigenvalue weighted by Crippen LogP contribution is 2.40. The first-order valence-electron chi connectivity index (χ1n) is 5.74. The second-order valence-electron chi connectivity index (χ2n) is 4.43. The number of halogens is 1. The molecular formula is C13H10BrNO3S. The number of pyridine rings is 1. The Labute approximate surface area is 121 Å².